The van der Waals surface area contributed by atoms with Crippen molar-refractivity contribution in [3.8, 4) is 0 Å². The highest BCUT2D eigenvalue weighted by Crippen LogP contribution is 2.42. The van der Waals surface area contributed by atoms with E-state index in [4.69, 9.17) is 10.8 Å². The van der Waals surface area contributed by atoms with Crippen molar-refractivity contribution in [2.24, 2.45) is 17.2 Å². The van der Waals surface area contributed by atoms with E-state index in [1.165, 1.54) is 23.3 Å². The molecular formula is C20H32N4OS. The number of anilines is 1. The summed E-state index contributed by atoms with van der Waals surface area (Å²) in [7, 11) is 0. The SMILES string of the molecule is CCCCCCn1c(NN)nc2sc3c(c2c1=O)CCC(C(C)(C)C)C3. The van der Waals surface area contributed by atoms with Gasteiger partial charge in [0, 0.05) is 11.4 Å². The van der Waals surface area contributed by atoms with Crippen molar-refractivity contribution < 1.29 is 0 Å². The summed E-state index contributed by atoms with van der Waals surface area (Å²) in [5, 5.41) is 0.840. The van der Waals surface area contributed by atoms with Gasteiger partial charge in [-0.2, -0.15) is 0 Å². The summed E-state index contributed by atoms with van der Waals surface area (Å²) in [5.41, 5.74) is 4.26. The lowest BCUT2D eigenvalue weighted by Crippen LogP contribution is -2.29. The Hall–Kier alpha value is -1.40. The zero-order valence-corrected chi connectivity index (χ0v) is 17.3. The van der Waals surface area contributed by atoms with Gasteiger partial charge in [-0.3, -0.25) is 14.8 Å². The second-order valence-electron chi connectivity index (χ2n) is 8.59. The second-order valence-corrected chi connectivity index (χ2v) is 9.67. The van der Waals surface area contributed by atoms with Crippen LogP contribution >= 0.6 is 11.3 Å². The predicted molar refractivity (Wildman–Crippen MR) is 111 cm³/mol. The van der Waals surface area contributed by atoms with Gasteiger partial charge < -0.3 is 0 Å². The Kier molecular flexibility index (Phi) is 5.72. The minimum absolute atomic E-state index is 0.0751. The van der Waals surface area contributed by atoms with E-state index >= 15 is 0 Å². The highest BCUT2D eigenvalue weighted by molar-refractivity contribution is 7.18. The Morgan fingerprint density at radius 1 is 1.31 bits per heavy atom. The third-order valence-corrected chi connectivity index (χ3v) is 6.91. The Balaban J connectivity index is 1.99. The van der Waals surface area contributed by atoms with E-state index in [0.29, 0.717) is 23.8 Å². The number of nitrogens with two attached hydrogens (primary N) is 1. The van der Waals surface area contributed by atoms with Crippen LogP contribution in [0.3, 0.4) is 0 Å². The van der Waals surface area contributed by atoms with Crippen LogP contribution in [0.2, 0.25) is 0 Å². The van der Waals surface area contributed by atoms with Gasteiger partial charge in [0.15, 0.2) is 0 Å². The van der Waals surface area contributed by atoms with Crippen molar-refractivity contribution in [3.63, 3.8) is 0 Å². The molecule has 5 nitrogen and oxygen atoms in total. The van der Waals surface area contributed by atoms with Gasteiger partial charge in [-0.05, 0) is 42.6 Å². The highest BCUT2D eigenvalue weighted by Gasteiger charge is 2.32. The van der Waals surface area contributed by atoms with Crippen LogP contribution in [0.25, 0.3) is 10.2 Å². The number of nitrogen functional groups attached to an aromatic ring is 1. The number of thiophene rings is 1. The highest BCUT2D eigenvalue weighted by atomic mass is 32.1. The lowest BCUT2D eigenvalue weighted by molar-refractivity contribution is 0.218. The van der Waals surface area contributed by atoms with Gasteiger partial charge in [-0.15, -0.1) is 11.3 Å². The fourth-order valence-corrected chi connectivity index (χ4v) is 5.30. The molecule has 0 fully saturated rings. The number of nitrogens with one attached hydrogen (secondary N) is 1. The van der Waals surface area contributed by atoms with Crippen molar-refractivity contribution in [1.82, 2.24) is 9.55 Å². The maximum Gasteiger partial charge on any atom is 0.263 e. The van der Waals surface area contributed by atoms with E-state index in [-0.39, 0.29) is 5.56 Å². The summed E-state index contributed by atoms with van der Waals surface area (Å²) in [5.74, 6) is 6.82. The summed E-state index contributed by atoms with van der Waals surface area (Å²) < 4.78 is 1.74. The van der Waals surface area contributed by atoms with E-state index in [2.05, 4.69) is 33.1 Å². The minimum atomic E-state index is 0.0751. The molecule has 0 radical (unpaired) electrons. The topological polar surface area (TPSA) is 72.9 Å². The average molecular weight is 377 g/mol. The van der Waals surface area contributed by atoms with Gasteiger partial charge in [-0.1, -0.05) is 47.0 Å². The molecule has 1 unspecified atom stereocenters. The largest absolute Gasteiger partial charge is 0.294 e. The van der Waals surface area contributed by atoms with Gasteiger partial charge in [0.1, 0.15) is 4.83 Å². The lowest BCUT2D eigenvalue weighted by atomic mass is 9.72. The zero-order chi connectivity index (χ0) is 18.9. The van der Waals surface area contributed by atoms with Crippen molar-refractivity contribution in [3.05, 3.63) is 20.8 Å². The van der Waals surface area contributed by atoms with E-state index in [9.17, 15) is 4.79 Å². The molecule has 2 heterocycles. The summed E-state index contributed by atoms with van der Waals surface area (Å²) in [6, 6.07) is 0. The number of hydrogen-bond acceptors (Lipinski definition) is 5. The summed E-state index contributed by atoms with van der Waals surface area (Å²) in [4.78, 5) is 20.1. The normalized spacial score (nSPS) is 17.5. The van der Waals surface area contributed by atoms with Crippen LogP contribution in [0.5, 0.6) is 0 Å². The van der Waals surface area contributed by atoms with Gasteiger partial charge in [0.2, 0.25) is 5.95 Å². The maximum atomic E-state index is 13.2. The number of aryl methyl sites for hydroxylation is 1. The molecule has 2 aromatic rings. The molecule has 1 aliphatic rings. The van der Waals surface area contributed by atoms with E-state index in [1.54, 1.807) is 15.9 Å². The first-order valence-corrected chi connectivity index (χ1v) is 10.7. The maximum absolute atomic E-state index is 13.2. The molecule has 26 heavy (non-hydrogen) atoms. The molecule has 6 heteroatoms. The van der Waals surface area contributed by atoms with Gasteiger partial charge in [0.05, 0.1) is 5.39 Å². The van der Waals surface area contributed by atoms with Crippen LogP contribution in [0.1, 0.15) is 70.2 Å². The van der Waals surface area contributed by atoms with Crippen LogP contribution in [0.15, 0.2) is 4.79 Å². The first kappa shape index (κ1) is 19.4. The summed E-state index contributed by atoms with van der Waals surface area (Å²) >= 11 is 1.68. The Morgan fingerprint density at radius 3 is 2.73 bits per heavy atom. The molecule has 2 aromatic heterocycles. The molecular weight excluding hydrogens is 344 g/mol. The van der Waals surface area contributed by atoms with Crippen LogP contribution in [-0.4, -0.2) is 9.55 Å². The molecule has 0 amide bonds. The molecule has 144 valence electrons. The molecule has 1 atom stereocenters. The van der Waals surface area contributed by atoms with E-state index in [1.807, 2.05) is 0 Å². The van der Waals surface area contributed by atoms with Gasteiger partial charge in [0.25, 0.3) is 5.56 Å². The van der Waals surface area contributed by atoms with Crippen LogP contribution in [0.4, 0.5) is 5.95 Å². The van der Waals surface area contributed by atoms with Crippen molar-refractivity contribution in [1.29, 1.82) is 0 Å². The number of nitrogens with zero attached hydrogens (tertiary/aromatic N) is 2. The molecule has 0 spiro atoms. The zero-order valence-electron chi connectivity index (χ0n) is 16.5. The third-order valence-electron chi connectivity index (χ3n) is 5.76. The van der Waals surface area contributed by atoms with E-state index < -0.39 is 0 Å². The molecule has 1 aliphatic carbocycles. The molecule has 0 bridgehead atoms. The summed E-state index contributed by atoms with van der Waals surface area (Å²) in [6.45, 7) is 9.81. The second kappa shape index (κ2) is 7.69. The molecule has 0 aliphatic heterocycles. The molecule has 0 saturated heterocycles. The smallest absolute Gasteiger partial charge is 0.263 e. The van der Waals surface area contributed by atoms with Gasteiger partial charge in [-0.25, -0.2) is 10.8 Å². The van der Waals surface area contributed by atoms with Crippen molar-refractivity contribution in [2.75, 3.05) is 5.43 Å². The first-order valence-electron chi connectivity index (χ1n) is 9.88. The van der Waals surface area contributed by atoms with Crippen molar-refractivity contribution in [2.45, 2.75) is 79.2 Å². The predicted octanol–water partition coefficient (Wildman–Crippen LogP) is 4.47. The Morgan fingerprint density at radius 2 is 2.08 bits per heavy atom. The molecule has 0 saturated carbocycles. The van der Waals surface area contributed by atoms with Crippen LogP contribution in [0, 0.1) is 11.3 Å². The lowest BCUT2D eigenvalue weighted by Gasteiger charge is -2.33. The number of hydrazine groups is 1. The quantitative estimate of drug-likeness (QED) is 0.443. The third kappa shape index (κ3) is 3.67. The standard InChI is InChI=1S/C20H32N4OS/c1-5-6-7-8-11-24-18(25)16-14-10-9-13(20(2,3)4)12-15(14)26-17(16)22-19(24)23-21/h13H,5-12,21H2,1-4H3,(H,22,23). The van der Waals surface area contributed by atoms with E-state index in [0.717, 1.165) is 42.3 Å². The number of unbranched alkanes of at least 4 members (excludes halogenated alkanes) is 3. The fraction of sp³-hybridized carbons (Fsp3) is 0.700. The number of fused-ring (bicyclic) bond motifs is 3. The molecule has 3 N–H and O–H groups in total. The van der Waals surface area contributed by atoms with Crippen molar-refractivity contribution >= 4 is 27.5 Å². The van der Waals surface area contributed by atoms with Crippen LogP contribution in [-0.2, 0) is 19.4 Å². The first-order chi connectivity index (χ1) is 12.4. The molecule has 3 rings (SSSR count). The monoisotopic (exact) mass is 376 g/mol. The van der Waals surface area contributed by atoms with Gasteiger partial charge >= 0.3 is 0 Å². The fourth-order valence-electron chi connectivity index (χ4n) is 4.01. The average Bonchev–Trinajstić information content (AvgIpc) is 2.96. The Labute approximate surface area is 160 Å². The number of hydrogen-bond donors (Lipinski definition) is 2. The summed E-state index contributed by atoms with van der Waals surface area (Å²) in [6.07, 6.45) is 7.67. The Bertz CT molecular complexity index is 831. The minimum Gasteiger partial charge on any atom is -0.294 e. The van der Waals surface area contributed by atoms with Crippen LogP contribution < -0.4 is 16.8 Å². The molecule has 0 aromatic carbocycles. The number of aromatic nitrogens is 2. The number of rotatable bonds is 6.